The molecule has 4 nitrogen and oxygen atoms in total. The molecule has 0 saturated carbocycles. The topological polar surface area (TPSA) is 57.6 Å². The average molecular weight is 255 g/mol. The zero-order valence-corrected chi connectivity index (χ0v) is 10.7. The molecule has 1 heterocycles. The van der Waals surface area contributed by atoms with Crippen LogP contribution in [0.5, 0.6) is 0 Å². The monoisotopic (exact) mass is 255 g/mol. The van der Waals surface area contributed by atoms with Gasteiger partial charge in [0.25, 0.3) is 0 Å². The summed E-state index contributed by atoms with van der Waals surface area (Å²) in [5, 5.41) is 9.63. The number of sulfonamides is 1. The van der Waals surface area contributed by atoms with Crippen molar-refractivity contribution in [3.05, 3.63) is 35.9 Å². The lowest BCUT2D eigenvalue weighted by molar-refractivity contribution is 0.111. The molecule has 1 unspecified atom stereocenters. The molecule has 1 fully saturated rings. The van der Waals surface area contributed by atoms with Crippen molar-refractivity contribution in [3.63, 3.8) is 0 Å². The maximum atomic E-state index is 12.0. The van der Waals surface area contributed by atoms with Crippen molar-refractivity contribution in [2.75, 3.05) is 18.9 Å². The van der Waals surface area contributed by atoms with E-state index in [0.717, 1.165) is 5.56 Å². The third kappa shape index (κ3) is 2.10. The molecule has 0 spiro atoms. The second-order valence-corrected chi connectivity index (χ2v) is 6.55. The van der Waals surface area contributed by atoms with Crippen molar-refractivity contribution in [2.24, 2.45) is 0 Å². The Balaban J connectivity index is 2.45. The molecule has 1 aromatic rings. The first-order chi connectivity index (χ1) is 8.00. The highest BCUT2D eigenvalue weighted by Crippen LogP contribution is 2.33. The molecule has 0 bridgehead atoms. The van der Waals surface area contributed by atoms with E-state index in [1.54, 1.807) is 6.92 Å². The molecule has 0 aliphatic carbocycles. The van der Waals surface area contributed by atoms with E-state index >= 15 is 0 Å². The summed E-state index contributed by atoms with van der Waals surface area (Å²) in [5.41, 5.74) is -0.0238. The van der Waals surface area contributed by atoms with Crippen molar-refractivity contribution in [3.8, 4) is 0 Å². The number of aliphatic hydroxyl groups excluding tert-OH is 1. The number of hydrogen-bond acceptors (Lipinski definition) is 3. The predicted octanol–water partition coefficient (Wildman–Crippen LogP) is 0.930. The number of rotatable bonds is 3. The lowest BCUT2D eigenvalue weighted by Gasteiger charge is -2.36. The van der Waals surface area contributed by atoms with Crippen LogP contribution in [0.3, 0.4) is 0 Å². The molecular formula is C12H17NO3S. The highest BCUT2D eigenvalue weighted by Gasteiger charge is 2.43. The fraction of sp³-hybridized carbons (Fsp3) is 0.500. The van der Waals surface area contributed by atoms with E-state index < -0.39 is 15.6 Å². The van der Waals surface area contributed by atoms with Crippen molar-refractivity contribution in [1.82, 2.24) is 4.31 Å². The first kappa shape index (κ1) is 12.5. The molecule has 5 heteroatoms. The maximum absolute atomic E-state index is 12.0. The molecule has 2 rings (SSSR count). The van der Waals surface area contributed by atoms with Gasteiger partial charge in [0.05, 0.1) is 17.9 Å². The summed E-state index contributed by atoms with van der Waals surface area (Å²) >= 11 is 0. The first-order valence-corrected chi connectivity index (χ1v) is 7.28. The van der Waals surface area contributed by atoms with Crippen molar-refractivity contribution < 1.29 is 13.5 Å². The Morgan fingerprint density at radius 2 is 2.00 bits per heavy atom. The van der Waals surface area contributed by atoms with Gasteiger partial charge in [0, 0.05) is 6.54 Å². The number of nitrogens with zero attached hydrogens (tertiary/aromatic N) is 1. The van der Waals surface area contributed by atoms with E-state index in [9.17, 15) is 13.5 Å². The van der Waals surface area contributed by atoms with Crippen LogP contribution < -0.4 is 0 Å². The Morgan fingerprint density at radius 1 is 1.35 bits per heavy atom. The first-order valence-electron chi connectivity index (χ1n) is 5.67. The lowest BCUT2D eigenvalue weighted by Crippen LogP contribution is -2.47. The van der Waals surface area contributed by atoms with Gasteiger partial charge >= 0.3 is 0 Å². The second-order valence-electron chi connectivity index (χ2n) is 4.54. The fourth-order valence-corrected chi connectivity index (χ4v) is 4.20. The fourth-order valence-electron chi connectivity index (χ4n) is 2.30. The van der Waals surface area contributed by atoms with Gasteiger partial charge in [0.1, 0.15) is 0 Å². The summed E-state index contributed by atoms with van der Waals surface area (Å²) < 4.78 is 25.3. The smallest absolute Gasteiger partial charge is 0.215 e. The van der Waals surface area contributed by atoms with Gasteiger partial charge in [-0.15, -0.1) is 0 Å². The summed E-state index contributed by atoms with van der Waals surface area (Å²) in [6.07, 6.45) is 0.630. The molecule has 1 N–H and O–H groups in total. The van der Waals surface area contributed by atoms with Gasteiger partial charge in [0.2, 0.25) is 10.0 Å². The van der Waals surface area contributed by atoms with E-state index in [2.05, 4.69) is 0 Å². The molecule has 1 aliphatic rings. The van der Waals surface area contributed by atoms with E-state index in [-0.39, 0.29) is 12.4 Å². The minimum atomic E-state index is -3.23. The minimum absolute atomic E-state index is 0.176. The van der Waals surface area contributed by atoms with Crippen LogP contribution in [-0.4, -0.2) is 36.7 Å². The quantitative estimate of drug-likeness (QED) is 0.874. The maximum Gasteiger partial charge on any atom is 0.215 e. The van der Waals surface area contributed by atoms with Crippen LogP contribution in [0.15, 0.2) is 30.3 Å². The summed E-state index contributed by atoms with van der Waals surface area (Å²) in [5.74, 6) is 0.176. The van der Waals surface area contributed by atoms with Gasteiger partial charge in [0.15, 0.2) is 0 Å². The van der Waals surface area contributed by atoms with Gasteiger partial charge in [-0.05, 0) is 18.9 Å². The van der Waals surface area contributed by atoms with Crippen LogP contribution in [0.4, 0.5) is 0 Å². The molecule has 0 amide bonds. The number of aliphatic hydroxyl groups is 1. The van der Waals surface area contributed by atoms with Crippen LogP contribution in [0.1, 0.15) is 18.9 Å². The van der Waals surface area contributed by atoms with Gasteiger partial charge in [-0.2, -0.15) is 4.31 Å². The molecule has 1 atom stereocenters. The standard InChI is InChI=1S/C12H17NO3S/c1-12(10-14,11-6-3-2-4-7-11)13-8-5-9-17(13,15)16/h2-4,6-7,14H,5,8-10H2,1H3. The van der Waals surface area contributed by atoms with Gasteiger partial charge in [-0.25, -0.2) is 8.42 Å². The zero-order valence-electron chi connectivity index (χ0n) is 9.83. The highest BCUT2D eigenvalue weighted by atomic mass is 32.2. The Bertz CT molecular complexity index is 486. The molecule has 94 valence electrons. The van der Waals surface area contributed by atoms with Crippen LogP contribution in [0.25, 0.3) is 0 Å². The largest absolute Gasteiger partial charge is 0.394 e. The van der Waals surface area contributed by atoms with Crippen LogP contribution >= 0.6 is 0 Å². The lowest BCUT2D eigenvalue weighted by atomic mass is 9.93. The Hall–Kier alpha value is -0.910. The highest BCUT2D eigenvalue weighted by molar-refractivity contribution is 7.89. The van der Waals surface area contributed by atoms with Crippen molar-refractivity contribution in [2.45, 2.75) is 18.9 Å². The summed E-state index contributed by atoms with van der Waals surface area (Å²) in [6.45, 7) is 2.04. The van der Waals surface area contributed by atoms with Gasteiger partial charge < -0.3 is 5.11 Å². The summed E-state index contributed by atoms with van der Waals surface area (Å²) in [7, 11) is -3.23. The number of hydrogen-bond donors (Lipinski definition) is 1. The molecule has 0 radical (unpaired) electrons. The predicted molar refractivity (Wildman–Crippen MR) is 66.0 cm³/mol. The Morgan fingerprint density at radius 3 is 2.47 bits per heavy atom. The summed E-state index contributed by atoms with van der Waals surface area (Å²) in [4.78, 5) is 0. The molecule has 0 aromatic heterocycles. The molecular weight excluding hydrogens is 238 g/mol. The molecule has 1 saturated heterocycles. The van der Waals surface area contributed by atoms with E-state index in [4.69, 9.17) is 0 Å². The summed E-state index contributed by atoms with van der Waals surface area (Å²) in [6, 6.07) is 9.28. The SMILES string of the molecule is CC(CO)(c1ccccc1)N1CCCS1(=O)=O. The average Bonchev–Trinajstić information content (AvgIpc) is 2.70. The Labute approximate surface area is 102 Å². The van der Waals surface area contributed by atoms with Crippen LogP contribution in [-0.2, 0) is 15.6 Å². The number of benzene rings is 1. The second kappa shape index (κ2) is 4.40. The van der Waals surface area contributed by atoms with E-state index in [1.165, 1.54) is 4.31 Å². The Kier molecular flexibility index (Phi) is 3.25. The van der Waals surface area contributed by atoms with Gasteiger partial charge in [-0.1, -0.05) is 30.3 Å². The van der Waals surface area contributed by atoms with Crippen molar-refractivity contribution >= 4 is 10.0 Å². The van der Waals surface area contributed by atoms with E-state index in [1.807, 2.05) is 30.3 Å². The third-order valence-corrected chi connectivity index (χ3v) is 5.41. The minimum Gasteiger partial charge on any atom is -0.394 e. The van der Waals surface area contributed by atoms with Gasteiger partial charge in [-0.3, -0.25) is 0 Å². The molecule has 1 aromatic carbocycles. The normalized spacial score (nSPS) is 23.4. The third-order valence-electron chi connectivity index (χ3n) is 3.35. The molecule has 1 aliphatic heterocycles. The zero-order chi connectivity index (χ0) is 12.5. The van der Waals surface area contributed by atoms with Crippen LogP contribution in [0, 0.1) is 0 Å². The van der Waals surface area contributed by atoms with Crippen molar-refractivity contribution in [1.29, 1.82) is 0 Å². The molecule has 17 heavy (non-hydrogen) atoms. The van der Waals surface area contributed by atoms with E-state index in [0.29, 0.717) is 13.0 Å². The van der Waals surface area contributed by atoms with Crippen LogP contribution in [0.2, 0.25) is 0 Å².